The van der Waals surface area contributed by atoms with Crippen molar-refractivity contribution in [1.82, 2.24) is 19.9 Å². The van der Waals surface area contributed by atoms with Crippen LogP contribution in [0.1, 0.15) is 72.6 Å². The molecule has 2 aliphatic carbocycles. The lowest BCUT2D eigenvalue weighted by Crippen LogP contribution is -2.58. The lowest BCUT2D eigenvalue weighted by atomic mass is 9.88. The van der Waals surface area contributed by atoms with Crippen LogP contribution in [0, 0.1) is 17.8 Å². The fraction of sp³-hybridized carbons (Fsp3) is 0.535. The Bertz CT molecular complexity index is 2200. The molecule has 4 aliphatic rings. The first-order valence-electron chi connectivity index (χ1n) is 20.2. The summed E-state index contributed by atoms with van der Waals surface area (Å²) in [5.74, 6) is -0.635. The summed E-state index contributed by atoms with van der Waals surface area (Å²) in [6.45, 7) is 6.86. The summed E-state index contributed by atoms with van der Waals surface area (Å²) in [6.07, 6.45) is 5.71. The molecule has 3 fully saturated rings. The number of halogens is 1. The van der Waals surface area contributed by atoms with Gasteiger partial charge in [-0.05, 0) is 101 Å². The van der Waals surface area contributed by atoms with Crippen molar-refractivity contribution in [3.05, 3.63) is 60.7 Å². The number of rotatable bonds is 10. The number of carbonyl (C=O) groups excluding carboxylic acids is 3. The molecular formula is C43H54FN5O8S. The number of hydrogen-bond acceptors (Lipinski definition) is 10. The van der Waals surface area contributed by atoms with Crippen molar-refractivity contribution < 1.29 is 41.4 Å². The molecule has 1 saturated heterocycles. The van der Waals surface area contributed by atoms with Crippen LogP contribution in [-0.4, -0.2) is 90.9 Å². The van der Waals surface area contributed by atoms with Crippen molar-refractivity contribution in [2.75, 3.05) is 20.3 Å². The number of nitrogens with zero attached hydrogens (tertiary/aromatic N) is 2. The second-order valence-electron chi connectivity index (χ2n) is 16.9. The molecule has 3 aromatic rings. The number of benzene rings is 2. The van der Waals surface area contributed by atoms with Crippen LogP contribution < -0.4 is 30.0 Å². The largest absolute Gasteiger partial charge is 0.497 e. The first-order chi connectivity index (χ1) is 27.6. The maximum atomic E-state index is 14.5. The predicted molar refractivity (Wildman–Crippen MR) is 217 cm³/mol. The summed E-state index contributed by atoms with van der Waals surface area (Å²) in [7, 11) is -2.78. The number of pyridine rings is 1. The molecule has 13 nitrogen and oxygen atoms in total. The minimum Gasteiger partial charge on any atom is -0.497 e. The molecule has 58 heavy (non-hydrogen) atoms. The van der Waals surface area contributed by atoms with Crippen molar-refractivity contribution in [3.63, 3.8) is 0 Å². The van der Waals surface area contributed by atoms with Crippen molar-refractivity contribution in [2.24, 2.45) is 23.5 Å². The average Bonchev–Trinajstić information content (AvgIpc) is 4.10. The molecule has 0 radical (unpaired) electrons. The van der Waals surface area contributed by atoms with Crippen LogP contribution >= 0.6 is 0 Å². The number of hydrogen-bond donors (Lipinski definition) is 3. The Hall–Kier alpha value is -4.76. The molecule has 2 saturated carbocycles. The Balaban J connectivity index is 1.21. The average molecular weight is 820 g/mol. The lowest BCUT2D eigenvalue weighted by Gasteiger charge is -2.30. The van der Waals surface area contributed by atoms with Gasteiger partial charge in [0, 0.05) is 35.4 Å². The standard InChI is InChI=1S/C43H54FN5O8S/c1-25(2)56-30-12-10-28(11-13-30)34-21-37(33-15-14-31(55-5)19-35(33)46-34)57-32-20-36-39(50)47-43(41(52)48-58(53,54)42(24-44)16-17-42)22-29(43)9-7-6-8-26(3)18-27(4)38(45)40(51)49(36)23-32/h7,9-15,19,21,25-27,29,32,36,38H,6,8,16-18,20,22-24,45H2,1-5H3,(H,47,50)(H,48,52)/b9-7-/t26-,27-,29-,32-,36+,38+,43-/m1/s1. The third kappa shape index (κ3) is 8.25. The van der Waals surface area contributed by atoms with E-state index in [2.05, 4.69) is 17.0 Å². The number of nitrogens with one attached hydrogen (secondary N) is 2. The smallest absolute Gasteiger partial charge is 0.259 e. The van der Waals surface area contributed by atoms with Gasteiger partial charge in [0.25, 0.3) is 5.91 Å². The van der Waals surface area contributed by atoms with Gasteiger partial charge in [-0.25, -0.2) is 17.8 Å². The van der Waals surface area contributed by atoms with Gasteiger partial charge in [-0.3, -0.25) is 19.1 Å². The molecule has 0 spiro atoms. The molecule has 15 heteroatoms. The number of sulfonamides is 1. The topological polar surface area (TPSA) is 179 Å². The zero-order valence-corrected chi connectivity index (χ0v) is 34.5. The molecule has 7 rings (SSSR count). The van der Waals surface area contributed by atoms with Gasteiger partial charge in [0.2, 0.25) is 21.8 Å². The quantitative estimate of drug-likeness (QED) is 0.230. The first-order valence-corrected chi connectivity index (χ1v) is 21.7. The third-order valence-corrected chi connectivity index (χ3v) is 14.2. The maximum Gasteiger partial charge on any atom is 0.259 e. The lowest BCUT2D eigenvalue weighted by molar-refractivity contribution is -0.141. The maximum absolute atomic E-state index is 14.5. The molecule has 4 N–H and O–H groups in total. The van der Waals surface area contributed by atoms with E-state index in [4.69, 9.17) is 24.9 Å². The third-order valence-electron chi connectivity index (χ3n) is 12.1. The van der Waals surface area contributed by atoms with E-state index < -0.39 is 68.8 Å². The molecule has 0 unspecified atom stereocenters. The first kappa shape index (κ1) is 41.4. The van der Waals surface area contributed by atoms with Crippen molar-refractivity contribution >= 4 is 38.6 Å². The number of nitrogens with two attached hydrogens (primary N) is 1. The van der Waals surface area contributed by atoms with Gasteiger partial charge in [-0.15, -0.1) is 0 Å². The molecule has 3 heterocycles. The van der Waals surface area contributed by atoms with E-state index in [0.717, 1.165) is 17.7 Å². The summed E-state index contributed by atoms with van der Waals surface area (Å²) in [4.78, 5) is 49.0. The van der Waals surface area contributed by atoms with Gasteiger partial charge >= 0.3 is 0 Å². The van der Waals surface area contributed by atoms with Crippen molar-refractivity contribution in [3.8, 4) is 28.5 Å². The van der Waals surface area contributed by atoms with Crippen LogP contribution in [0.3, 0.4) is 0 Å². The number of allylic oxidation sites excluding steroid dienone is 1. The van der Waals surface area contributed by atoms with Gasteiger partial charge in [0.15, 0.2) is 0 Å². The Labute approximate surface area is 339 Å². The van der Waals surface area contributed by atoms with E-state index in [9.17, 15) is 27.2 Å². The van der Waals surface area contributed by atoms with Gasteiger partial charge < -0.3 is 30.2 Å². The van der Waals surface area contributed by atoms with Crippen molar-refractivity contribution in [2.45, 2.75) is 107 Å². The number of carbonyl (C=O) groups is 3. The van der Waals surface area contributed by atoms with Gasteiger partial charge in [-0.1, -0.05) is 26.0 Å². The SMILES string of the molecule is COc1ccc2c(O[C@@H]3C[C@H]4C(=O)N[C@]5(C(=O)NS(=O)(=O)C6(CF)CC6)C[C@H]5/C=C\CC[C@@H](C)C[C@@H](C)[C@H](N)C(=O)N4C3)cc(-c3ccc(OC(C)C)cc3)nc2c1. The monoisotopic (exact) mass is 819 g/mol. The van der Waals surface area contributed by atoms with Crippen molar-refractivity contribution in [1.29, 1.82) is 0 Å². The molecule has 7 atom stereocenters. The van der Waals surface area contributed by atoms with Crippen LogP contribution in [0.15, 0.2) is 60.7 Å². The summed E-state index contributed by atoms with van der Waals surface area (Å²) in [5.41, 5.74) is 7.09. The molecule has 2 aromatic carbocycles. The zero-order chi connectivity index (χ0) is 41.6. The Morgan fingerprint density at radius 1 is 1.09 bits per heavy atom. The minimum atomic E-state index is -4.36. The van der Waals surface area contributed by atoms with E-state index in [1.54, 1.807) is 13.2 Å². The Kier molecular flexibility index (Phi) is 11.5. The van der Waals surface area contributed by atoms with Gasteiger partial charge in [0.1, 0.15) is 46.4 Å². The van der Waals surface area contributed by atoms with Crippen LogP contribution in [0.2, 0.25) is 0 Å². The number of ether oxygens (including phenoxy) is 3. The number of fused-ring (bicyclic) bond motifs is 3. The highest BCUT2D eigenvalue weighted by atomic mass is 32.2. The fourth-order valence-electron chi connectivity index (χ4n) is 8.27. The van der Waals surface area contributed by atoms with Crippen LogP contribution in [0.5, 0.6) is 17.2 Å². The van der Waals surface area contributed by atoms with Gasteiger partial charge in [0.05, 0.1) is 37.0 Å². The number of aromatic nitrogens is 1. The molecule has 1 aromatic heterocycles. The highest BCUT2D eigenvalue weighted by Gasteiger charge is 2.64. The van der Waals surface area contributed by atoms with E-state index in [1.807, 2.05) is 75.4 Å². The van der Waals surface area contributed by atoms with Gasteiger partial charge in [-0.2, -0.15) is 0 Å². The Morgan fingerprint density at radius 2 is 1.81 bits per heavy atom. The van der Waals surface area contributed by atoms with Crippen LogP contribution in [0.4, 0.5) is 4.39 Å². The Morgan fingerprint density at radius 3 is 2.48 bits per heavy atom. The normalized spacial score (nSPS) is 29.0. The van der Waals surface area contributed by atoms with E-state index in [-0.39, 0.29) is 50.2 Å². The summed E-state index contributed by atoms with van der Waals surface area (Å²) in [5, 5.41) is 3.55. The summed E-state index contributed by atoms with van der Waals surface area (Å²) in [6, 6.07) is 12.8. The summed E-state index contributed by atoms with van der Waals surface area (Å²) >= 11 is 0. The second-order valence-corrected chi connectivity index (χ2v) is 19.0. The highest BCUT2D eigenvalue weighted by Crippen LogP contribution is 2.48. The zero-order valence-electron chi connectivity index (χ0n) is 33.7. The highest BCUT2D eigenvalue weighted by molar-refractivity contribution is 7.91. The predicted octanol–water partition coefficient (Wildman–Crippen LogP) is 5.21. The molecule has 3 amide bonds. The fourth-order valence-corrected chi connectivity index (χ4v) is 9.70. The van der Waals surface area contributed by atoms with E-state index in [1.165, 1.54) is 4.90 Å². The summed E-state index contributed by atoms with van der Waals surface area (Å²) < 4.78 is 58.7. The number of amides is 3. The van der Waals surface area contributed by atoms with Crippen LogP contribution in [-0.2, 0) is 24.4 Å². The molecule has 2 aliphatic heterocycles. The number of alkyl halides is 1. The molecular weight excluding hydrogens is 766 g/mol. The van der Waals surface area contributed by atoms with E-state index in [0.29, 0.717) is 40.9 Å². The minimum absolute atomic E-state index is 0.0108. The molecule has 312 valence electrons. The molecule has 0 bridgehead atoms. The van der Waals surface area contributed by atoms with Crippen LogP contribution in [0.25, 0.3) is 22.2 Å². The number of methoxy groups -OCH3 is 1. The van der Waals surface area contributed by atoms with E-state index >= 15 is 0 Å². The second kappa shape index (κ2) is 16.1.